The molecule has 26 heavy (non-hydrogen) atoms. The van der Waals surface area contributed by atoms with E-state index in [-0.39, 0.29) is 25.7 Å². The van der Waals surface area contributed by atoms with Gasteiger partial charge in [-0.05, 0) is 6.42 Å². The highest BCUT2D eigenvalue weighted by Crippen LogP contribution is 2.47. The molecule has 4 aliphatic heterocycles. The van der Waals surface area contributed by atoms with Crippen LogP contribution in [0, 0.1) is 5.41 Å². The lowest BCUT2D eigenvalue weighted by Crippen LogP contribution is -2.64. The lowest BCUT2D eigenvalue weighted by molar-refractivity contribution is -0.193. The van der Waals surface area contributed by atoms with Crippen molar-refractivity contribution in [3.8, 4) is 0 Å². The number of carbonyl (C=O) groups excluding carboxylic acids is 2. The molecule has 2 atom stereocenters. The van der Waals surface area contributed by atoms with E-state index in [1.54, 1.807) is 5.01 Å². The van der Waals surface area contributed by atoms with Gasteiger partial charge in [-0.1, -0.05) is 0 Å². The zero-order valence-electron chi connectivity index (χ0n) is 13.9. The molecule has 4 heterocycles. The number of piperidine rings is 1. The van der Waals surface area contributed by atoms with Crippen LogP contribution in [-0.4, -0.2) is 98.0 Å². The van der Waals surface area contributed by atoms with Gasteiger partial charge in [0, 0.05) is 25.0 Å². The van der Waals surface area contributed by atoms with E-state index in [1.165, 1.54) is 4.90 Å². The molecule has 4 fully saturated rings. The third kappa shape index (κ3) is 3.04. The molecule has 0 aromatic carbocycles. The van der Waals surface area contributed by atoms with Crippen molar-refractivity contribution in [1.82, 2.24) is 20.4 Å². The third-order valence-electron chi connectivity index (χ3n) is 5.31. The highest BCUT2D eigenvalue weighted by atomic mass is 32.3. The van der Waals surface area contributed by atoms with Crippen LogP contribution < -0.4 is 5.43 Å². The number of fused-ring (bicyclic) bond motifs is 3. The highest BCUT2D eigenvalue weighted by molar-refractivity contribution is 7.80. The van der Waals surface area contributed by atoms with Crippen LogP contribution in [-0.2, 0) is 29.0 Å². The average Bonchev–Trinajstić information content (AvgIpc) is 2.80. The van der Waals surface area contributed by atoms with Gasteiger partial charge in [0.2, 0.25) is 0 Å². The van der Waals surface area contributed by atoms with E-state index in [0.717, 1.165) is 0 Å². The van der Waals surface area contributed by atoms with Crippen molar-refractivity contribution in [2.24, 2.45) is 5.41 Å². The van der Waals surface area contributed by atoms with Crippen LogP contribution in [0.1, 0.15) is 6.42 Å². The largest absolute Gasteiger partial charge is 0.418 e. The number of carbonyl (C=O) groups is 2. The molecule has 2 bridgehead atoms. The van der Waals surface area contributed by atoms with Gasteiger partial charge in [-0.3, -0.25) is 14.8 Å². The first kappa shape index (κ1) is 17.9. The number of nitrogens with one attached hydrogen (secondary N) is 1. The molecule has 13 heteroatoms. The number of urea groups is 1. The first-order valence-corrected chi connectivity index (χ1v) is 9.63. The number of rotatable bonds is 4. The Morgan fingerprint density at radius 3 is 2.54 bits per heavy atom. The number of morpholine rings is 1. The maximum Gasteiger partial charge on any atom is 0.418 e. The molecule has 0 aromatic rings. The Hall–Kier alpha value is -1.51. The summed E-state index contributed by atoms with van der Waals surface area (Å²) < 4.78 is 46.2. The number of hydroxylamine groups is 2. The van der Waals surface area contributed by atoms with Gasteiger partial charge in [-0.15, -0.1) is 4.28 Å². The van der Waals surface area contributed by atoms with Crippen molar-refractivity contribution in [3.63, 3.8) is 0 Å². The maximum absolute atomic E-state index is 12.8. The van der Waals surface area contributed by atoms with Gasteiger partial charge in [0.25, 0.3) is 5.91 Å². The second-order valence-corrected chi connectivity index (χ2v) is 7.93. The summed E-state index contributed by atoms with van der Waals surface area (Å²) in [6, 6.07) is -2.16. The monoisotopic (exact) mass is 392 g/mol. The minimum absolute atomic E-state index is 0.124. The summed E-state index contributed by atoms with van der Waals surface area (Å²) in [5.41, 5.74) is 2.21. The number of hydrogen-bond donors (Lipinski definition) is 2. The maximum atomic E-state index is 12.8. The molecule has 0 aromatic heterocycles. The lowest BCUT2D eigenvalue weighted by Gasteiger charge is -2.50. The van der Waals surface area contributed by atoms with E-state index < -0.39 is 33.9 Å². The van der Waals surface area contributed by atoms with Gasteiger partial charge < -0.3 is 14.4 Å². The van der Waals surface area contributed by atoms with Crippen molar-refractivity contribution in [1.29, 1.82) is 0 Å². The molecule has 2 N–H and O–H groups in total. The van der Waals surface area contributed by atoms with Crippen molar-refractivity contribution in [2.45, 2.75) is 18.5 Å². The Morgan fingerprint density at radius 2 is 1.96 bits per heavy atom. The smallest absolute Gasteiger partial charge is 0.380 e. The van der Waals surface area contributed by atoms with E-state index in [1.807, 2.05) is 0 Å². The number of amides is 3. The van der Waals surface area contributed by atoms with Gasteiger partial charge in [0.1, 0.15) is 6.04 Å². The molecule has 0 aliphatic carbocycles. The minimum atomic E-state index is -4.86. The van der Waals surface area contributed by atoms with E-state index in [9.17, 15) is 18.0 Å². The third-order valence-corrected chi connectivity index (χ3v) is 5.65. The van der Waals surface area contributed by atoms with Crippen LogP contribution in [0.3, 0.4) is 0 Å². The van der Waals surface area contributed by atoms with Crippen LogP contribution >= 0.6 is 0 Å². The predicted molar refractivity (Wildman–Crippen MR) is 82.6 cm³/mol. The van der Waals surface area contributed by atoms with E-state index in [0.29, 0.717) is 37.8 Å². The number of nitrogens with zero attached hydrogens (tertiary/aromatic N) is 3. The summed E-state index contributed by atoms with van der Waals surface area (Å²) in [7, 11) is -4.86. The van der Waals surface area contributed by atoms with Gasteiger partial charge in [0.15, 0.2) is 0 Å². The summed E-state index contributed by atoms with van der Waals surface area (Å²) in [4.78, 5) is 26.6. The number of ether oxygens (including phenoxy) is 2. The molecular formula is C13H20N4O8S. The van der Waals surface area contributed by atoms with E-state index in [4.69, 9.17) is 14.0 Å². The molecule has 4 aliphatic rings. The SMILES string of the molecule is O=C(NN1CCOCC1)[C@@H]1CC2(COC2)[C@@H]2CN1C(=O)N2OS(=O)(=O)O. The first-order chi connectivity index (χ1) is 12.3. The lowest BCUT2D eigenvalue weighted by atomic mass is 9.71. The Labute approximate surface area is 149 Å². The molecule has 0 radical (unpaired) electrons. The highest BCUT2D eigenvalue weighted by Gasteiger charge is 2.63. The Morgan fingerprint density at radius 1 is 1.27 bits per heavy atom. The van der Waals surface area contributed by atoms with Crippen LogP contribution in [0.15, 0.2) is 0 Å². The minimum Gasteiger partial charge on any atom is -0.380 e. The second-order valence-electron chi connectivity index (χ2n) is 6.93. The van der Waals surface area contributed by atoms with Gasteiger partial charge >= 0.3 is 16.4 Å². The second kappa shape index (κ2) is 6.28. The number of hydrogen-bond acceptors (Lipinski definition) is 8. The molecule has 4 rings (SSSR count). The fourth-order valence-electron chi connectivity index (χ4n) is 3.93. The zero-order chi connectivity index (χ0) is 18.5. The Bertz CT molecular complexity index is 705. The summed E-state index contributed by atoms with van der Waals surface area (Å²) in [6.45, 7) is 2.78. The zero-order valence-corrected chi connectivity index (χ0v) is 14.7. The van der Waals surface area contributed by atoms with Gasteiger partial charge in [-0.2, -0.15) is 13.5 Å². The molecule has 12 nitrogen and oxygen atoms in total. The van der Waals surface area contributed by atoms with Crippen molar-refractivity contribution < 1.29 is 36.3 Å². The standard InChI is InChI=1S/C13H20N4O8S/c18-11(14-15-1-3-23-4-2-15)9-5-13(7-24-8-13)10-6-16(9)12(19)17(10)25-26(20,21)22/h9-10H,1-8H2,(H,14,18)(H,20,21,22)/t9-,10-/m0/s1. The van der Waals surface area contributed by atoms with Crippen LogP contribution in [0.2, 0.25) is 0 Å². The summed E-state index contributed by atoms with van der Waals surface area (Å²) in [5.74, 6) is -0.348. The number of hydrazine groups is 1. The van der Waals surface area contributed by atoms with Crippen LogP contribution in [0.5, 0.6) is 0 Å². The quantitative estimate of drug-likeness (QED) is 0.519. The van der Waals surface area contributed by atoms with Gasteiger partial charge in [-0.25, -0.2) is 9.80 Å². The average molecular weight is 392 g/mol. The molecule has 3 amide bonds. The van der Waals surface area contributed by atoms with Crippen LogP contribution in [0.4, 0.5) is 4.79 Å². The molecule has 146 valence electrons. The summed E-state index contributed by atoms with van der Waals surface area (Å²) in [5, 5.41) is 2.38. The fourth-order valence-corrected chi connectivity index (χ4v) is 4.30. The fraction of sp³-hybridized carbons (Fsp3) is 0.846. The topological polar surface area (TPSA) is 138 Å². The molecule has 4 saturated heterocycles. The Balaban J connectivity index is 1.54. The molecule has 0 saturated carbocycles. The predicted octanol–water partition coefficient (Wildman–Crippen LogP) is -2.02. The van der Waals surface area contributed by atoms with E-state index in [2.05, 4.69) is 9.71 Å². The van der Waals surface area contributed by atoms with E-state index >= 15 is 0 Å². The Kier molecular flexibility index (Phi) is 4.32. The normalized spacial score (nSPS) is 31.2. The first-order valence-electron chi connectivity index (χ1n) is 8.27. The van der Waals surface area contributed by atoms with Crippen molar-refractivity contribution >= 4 is 22.3 Å². The van der Waals surface area contributed by atoms with Crippen molar-refractivity contribution in [2.75, 3.05) is 46.1 Å². The molecule has 1 spiro atoms. The van der Waals surface area contributed by atoms with Crippen molar-refractivity contribution in [3.05, 3.63) is 0 Å². The molecular weight excluding hydrogens is 372 g/mol. The summed E-state index contributed by atoms with van der Waals surface area (Å²) >= 11 is 0. The molecule has 0 unspecified atom stereocenters. The van der Waals surface area contributed by atoms with Crippen LogP contribution in [0.25, 0.3) is 0 Å². The van der Waals surface area contributed by atoms with Gasteiger partial charge in [0.05, 0.1) is 32.5 Å². The summed E-state index contributed by atoms with van der Waals surface area (Å²) in [6.07, 6.45) is 0.324.